The van der Waals surface area contributed by atoms with Gasteiger partial charge in [0, 0.05) is 13.1 Å². The highest BCUT2D eigenvalue weighted by molar-refractivity contribution is 7.89. The molecule has 6 nitrogen and oxygen atoms in total. The molecule has 2 N–H and O–H groups in total. The standard InChI is InChI=1S/C11H16N2O4S2/c1-9-6-7-13(8-9)19(16,17)11-4-2-10(3-5-11)18(12,14)15/h2-5,9H,6-8H2,1H3,(H2,12,14,15). The fraction of sp³-hybridized carbons (Fsp3) is 0.455. The molecule has 2 rings (SSSR count). The van der Waals surface area contributed by atoms with E-state index in [0.29, 0.717) is 19.0 Å². The lowest BCUT2D eigenvalue weighted by atomic mass is 10.2. The first-order chi connectivity index (χ1) is 8.71. The molecule has 1 saturated heterocycles. The van der Waals surface area contributed by atoms with Gasteiger partial charge in [-0.2, -0.15) is 4.31 Å². The fourth-order valence-corrected chi connectivity index (χ4v) is 4.15. The molecule has 8 heteroatoms. The van der Waals surface area contributed by atoms with Crippen LogP contribution in [0.25, 0.3) is 0 Å². The van der Waals surface area contributed by atoms with Gasteiger partial charge in [-0.3, -0.25) is 0 Å². The van der Waals surface area contributed by atoms with Gasteiger partial charge in [0.25, 0.3) is 0 Å². The molecule has 0 saturated carbocycles. The van der Waals surface area contributed by atoms with Crippen LogP contribution in [0.3, 0.4) is 0 Å². The monoisotopic (exact) mass is 304 g/mol. The molecule has 1 aromatic carbocycles. The molecule has 1 aliphatic heterocycles. The zero-order chi connectivity index (χ0) is 14.3. The van der Waals surface area contributed by atoms with Crippen LogP contribution in [-0.2, 0) is 20.0 Å². The molecule has 1 aromatic rings. The van der Waals surface area contributed by atoms with Crippen molar-refractivity contribution in [2.75, 3.05) is 13.1 Å². The van der Waals surface area contributed by atoms with Crippen LogP contribution in [0.4, 0.5) is 0 Å². The normalized spacial score (nSPS) is 21.7. The second kappa shape index (κ2) is 4.86. The van der Waals surface area contributed by atoms with Gasteiger partial charge in [-0.05, 0) is 36.6 Å². The Morgan fingerprint density at radius 1 is 1.11 bits per heavy atom. The van der Waals surface area contributed by atoms with Crippen LogP contribution < -0.4 is 5.14 Å². The van der Waals surface area contributed by atoms with Crippen LogP contribution in [0.15, 0.2) is 34.1 Å². The molecule has 0 aliphatic carbocycles. The van der Waals surface area contributed by atoms with E-state index in [2.05, 4.69) is 0 Å². The Morgan fingerprint density at radius 3 is 2.05 bits per heavy atom. The predicted molar refractivity (Wildman–Crippen MR) is 70.4 cm³/mol. The van der Waals surface area contributed by atoms with Crippen LogP contribution >= 0.6 is 0 Å². The zero-order valence-corrected chi connectivity index (χ0v) is 12.1. The number of primary sulfonamides is 1. The largest absolute Gasteiger partial charge is 0.243 e. The third-order valence-corrected chi connectivity index (χ3v) is 5.99. The van der Waals surface area contributed by atoms with Crippen LogP contribution in [0.5, 0.6) is 0 Å². The van der Waals surface area contributed by atoms with Gasteiger partial charge in [-0.1, -0.05) is 6.92 Å². The van der Waals surface area contributed by atoms with Gasteiger partial charge in [0.05, 0.1) is 9.79 Å². The highest BCUT2D eigenvalue weighted by atomic mass is 32.2. The molecule has 1 unspecified atom stereocenters. The summed E-state index contributed by atoms with van der Waals surface area (Å²) in [6, 6.07) is 4.97. The minimum atomic E-state index is -3.80. The number of hydrogen-bond acceptors (Lipinski definition) is 4. The van der Waals surface area contributed by atoms with Crippen LogP contribution in [0.1, 0.15) is 13.3 Å². The highest BCUT2D eigenvalue weighted by Crippen LogP contribution is 2.24. The molecule has 1 heterocycles. The average Bonchev–Trinajstić information content (AvgIpc) is 2.76. The summed E-state index contributed by atoms with van der Waals surface area (Å²) in [5.74, 6) is 0.346. The van der Waals surface area contributed by atoms with Gasteiger partial charge < -0.3 is 0 Å². The number of rotatable bonds is 3. The van der Waals surface area contributed by atoms with E-state index in [0.717, 1.165) is 6.42 Å². The first-order valence-electron chi connectivity index (χ1n) is 5.84. The number of hydrogen-bond donors (Lipinski definition) is 1. The van der Waals surface area contributed by atoms with Gasteiger partial charge in [-0.15, -0.1) is 0 Å². The van der Waals surface area contributed by atoms with Crippen molar-refractivity contribution in [3.8, 4) is 0 Å². The SMILES string of the molecule is CC1CCN(S(=O)(=O)c2ccc(S(N)(=O)=O)cc2)C1. The zero-order valence-electron chi connectivity index (χ0n) is 10.5. The Labute approximate surface area is 113 Å². The summed E-state index contributed by atoms with van der Waals surface area (Å²) < 4.78 is 48.2. The summed E-state index contributed by atoms with van der Waals surface area (Å²) in [7, 11) is -7.34. The van der Waals surface area contributed by atoms with E-state index in [1.165, 1.54) is 28.6 Å². The lowest BCUT2D eigenvalue weighted by Crippen LogP contribution is -2.28. The fourth-order valence-electron chi connectivity index (χ4n) is 2.06. The van der Waals surface area contributed by atoms with Gasteiger partial charge in [-0.25, -0.2) is 22.0 Å². The van der Waals surface area contributed by atoms with Crippen LogP contribution in [0.2, 0.25) is 0 Å². The molecule has 0 bridgehead atoms. The number of sulfonamides is 2. The van der Waals surface area contributed by atoms with E-state index in [4.69, 9.17) is 5.14 Å². The van der Waals surface area contributed by atoms with E-state index < -0.39 is 20.0 Å². The van der Waals surface area contributed by atoms with Crippen molar-refractivity contribution < 1.29 is 16.8 Å². The van der Waals surface area contributed by atoms with Crippen molar-refractivity contribution in [1.82, 2.24) is 4.31 Å². The van der Waals surface area contributed by atoms with Crippen molar-refractivity contribution in [2.24, 2.45) is 11.1 Å². The Bertz CT molecular complexity index is 665. The maximum atomic E-state index is 12.3. The second-order valence-corrected chi connectivity index (χ2v) is 8.27. The van der Waals surface area contributed by atoms with E-state index in [9.17, 15) is 16.8 Å². The molecule has 1 atom stereocenters. The summed E-state index contributed by atoms with van der Waals surface area (Å²) in [6.07, 6.45) is 0.842. The summed E-state index contributed by atoms with van der Waals surface area (Å²) >= 11 is 0. The van der Waals surface area contributed by atoms with Crippen LogP contribution in [-0.4, -0.2) is 34.2 Å². The second-order valence-electron chi connectivity index (χ2n) is 4.77. The lowest BCUT2D eigenvalue weighted by molar-refractivity contribution is 0.464. The average molecular weight is 304 g/mol. The maximum absolute atomic E-state index is 12.3. The molecule has 106 valence electrons. The van der Waals surface area contributed by atoms with Crippen molar-refractivity contribution >= 4 is 20.0 Å². The molecule has 0 spiro atoms. The third kappa shape index (κ3) is 2.97. The molecule has 0 aromatic heterocycles. The van der Waals surface area contributed by atoms with E-state index in [-0.39, 0.29) is 9.79 Å². The molecular weight excluding hydrogens is 288 g/mol. The van der Waals surface area contributed by atoms with Crippen molar-refractivity contribution in [2.45, 2.75) is 23.1 Å². The van der Waals surface area contributed by atoms with Crippen LogP contribution in [0, 0.1) is 5.92 Å². The van der Waals surface area contributed by atoms with Gasteiger partial charge in [0.2, 0.25) is 20.0 Å². The minimum Gasteiger partial charge on any atom is -0.225 e. The molecule has 1 fully saturated rings. The maximum Gasteiger partial charge on any atom is 0.243 e. The van der Waals surface area contributed by atoms with E-state index in [1.54, 1.807) is 0 Å². The quantitative estimate of drug-likeness (QED) is 0.872. The topological polar surface area (TPSA) is 97.5 Å². The molecule has 19 heavy (non-hydrogen) atoms. The van der Waals surface area contributed by atoms with Gasteiger partial charge >= 0.3 is 0 Å². The van der Waals surface area contributed by atoms with Gasteiger partial charge in [0.1, 0.15) is 0 Å². The lowest BCUT2D eigenvalue weighted by Gasteiger charge is -2.16. The Balaban J connectivity index is 2.32. The minimum absolute atomic E-state index is 0.0917. The number of nitrogens with two attached hydrogens (primary N) is 1. The summed E-state index contributed by atoms with van der Waals surface area (Å²) in [5.41, 5.74) is 0. The Hall–Kier alpha value is -0.960. The summed E-state index contributed by atoms with van der Waals surface area (Å²) in [6.45, 7) is 3.00. The Morgan fingerprint density at radius 2 is 1.63 bits per heavy atom. The Kier molecular flexibility index (Phi) is 3.69. The summed E-state index contributed by atoms with van der Waals surface area (Å²) in [5, 5.41) is 4.97. The smallest absolute Gasteiger partial charge is 0.225 e. The van der Waals surface area contributed by atoms with E-state index >= 15 is 0 Å². The highest BCUT2D eigenvalue weighted by Gasteiger charge is 2.30. The number of nitrogens with zero attached hydrogens (tertiary/aromatic N) is 1. The predicted octanol–water partition coefficient (Wildman–Crippen LogP) is 0.365. The molecule has 0 amide bonds. The summed E-state index contributed by atoms with van der Waals surface area (Å²) in [4.78, 5) is -0.00441. The molecule has 0 radical (unpaired) electrons. The first kappa shape index (κ1) is 14.4. The van der Waals surface area contributed by atoms with Crippen molar-refractivity contribution in [1.29, 1.82) is 0 Å². The number of benzene rings is 1. The van der Waals surface area contributed by atoms with E-state index in [1.807, 2.05) is 6.92 Å². The molecular formula is C11H16N2O4S2. The third-order valence-electron chi connectivity index (χ3n) is 3.18. The molecule has 1 aliphatic rings. The van der Waals surface area contributed by atoms with Crippen molar-refractivity contribution in [3.63, 3.8) is 0 Å². The van der Waals surface area contributed by atoms with Gasteiger partial charge in [0.15, 0.2) is 0 Å². The first-order valence-corrected chi connectivity index (χ1v) is 8.83. The van der Waals surface area contributed by atoms with Crippen molar-refractivity contribution in [3.05, 3.63) is 24.3 Å².